The summed E-state index contributed by atoms with van der Waals surface area (Å²) in [6, 6.07) is 0. The van der Waals surface area contributed by atoms with E-state index in [4.69, 9.17) is 0 Å². The van der Waals surface area contributed by atoms with E-state index in [1.807, 2.05) is 11.8 Å². The topological polar surface area (TPSA) is 12.0 Å². The molecule has 0 radical (unpaired) electrons. The van der Waals surface area contributed by atoms with Crippen molar-refractivity contribution in [3.05, 3.63) is 11.8 Å². The number of rotatable bonds is 5. The molecule has 0 spiro atoms. The molecule has 0 aromatic carbocycles. The molecule has 1 aliphatic rings. The molecule has 0 aliphatic carbocycles. The first-order valence-corrected chi connectivity index (χ1v) is 6.09. The molecule has 12 heavy (non-hydrogen) atoms. The standard InChI is InChI=1S/C10H19NS/c1-2-3-4-7-11-10-5-8-12-9-6-10/h5,11H,2-4,6-9H2,1H3. The smallest absolute Gasteiger partial charge is 0.0143 e. The van der Waals surface area contributed by atoms with Crippen molar-refractivity contribution in [2.45, 2.75) is 32.6 Å². The largest absolute Gasteiger partial charge is 0.389 e. The van der Waals surface area contributed by atoms with Gasteiger partial charge in [-0.3, -0.25) is 0 Å². The van der Waals surface area contributed by atoms with Gasteiger partial charge in [0.05, 0.1) is 0 Å². The summed E-state index contributed by atoms with van der Waals surface area (Å²) in [5.74, 6) is 2.50. The lowest BCUT2D eigenvalue weighted by Gasteiger charge is -2.14. The second kappa shape index (κ2) is 6.41. The summed E-state index contributed by atoms with van der Waals surface area (Å²) in [6.07, 6.45) is 7.57. The molecule has 1 aliphatic heterocycles. The van der Waals surface area contributed by atoms with Crippen LogP contribution in [0.5, 0.6) is 0 Å². The van der Waals surface area contributed by atoms with E-state index in [2.05, 4.69) is 18.3 Å². The second-order valence-corrected chi connectivity index (χ2v) is 4.34. The van der Waals surface area contributed by atoms with Crippen LogP contribution in [0.1, 0.15) is 32.6 Å². The zero-order valence-electron chi connectivity index (χ0n) is 7.94. The van der Waals surface area contributed by atoms with Gasteiger partial charge in [-0.1, -0.05) is 25.8 Å². The van der Waals surface area contributed by atoms with Gasteiger partial charge >= 0.3 is 0 Å². The van der Waals surface area contributed by atoms with Crippen LogP contribution in [0.4, 0.5) is 0 Å². The Morgan fingerprint density at radius 3 is 3.08 bits per heavy atom. The fourth-order valence-corrected chi connectivity index (χ4v) is 2.16. The van der Waals surface area contributed by atoms with Crippen molar-refractivity contribution in [2.24, 2.45) is 0 Å². The number of hydrogen-bond acceptors (Lipinski definition) is 2. The van der Waals surface area contributed by atoms with Gasteiger partial charge in [0.2, 0.25) is 0 Å². The van der Waals surface area contributed by atoms with Crippen LogP contribution in [0.3, 0.4) is 0 Å². The van der Waals surface area contributed by atoms with E-state index in [9.17, 15) is 0 Å². The summed E-state index contributed by atoms with van der Waals surface area (Å²) in [5, 5.41) is 3.50. The number of allylic oxidation sites excluding steroid dienone is 1. The summed E-state index contributed by atoms with van der Waals surface area (Å²) in [7, 11) is 0. The van der Waals surface area contributed by atoms with Gasteiger partial charge in [0.25, 0.3) is 0 Å². The van der Waals surface area contributed by atoms with Gasteiger partial charge in [0.1, 0.15) is 0 Å². The van der Waals surface area contributed by atoms with Crippen LogP contribution in [-0.2, 0) is 0 Å². The second-order valence-electron chi connectivity index (χ2n) is 3.19. The molecule has 0 aromatic heterocycles. The van der Waals surface area contributed by atoms with E-state index in [0.717, 1.165) is 0 Å². The third-order valence-corrected chi connectivity index (χ3v) is 2.99. The fourth-order valence-electron chi connectivity index (χ4n) is 1.31. The third kappa shape index (κ3) is 4.05. The van der Waals surface area contributed by atoms with Gasteiger partial charge in [-0.15, -0.1) is 0 Å². The van der Waals surface area contributed by atoms with Crippen LogP contribution in [0, 0.1) is 0 Å². The minimum atomic E-state index is 1.17. The van der Waals surface area contributed by atoms with Crippen LogP contribution in [0.2, 0.25) is 0 Å². The highest BCUT2D eigenvalue weighted by Gasteiger charge is 2.01. The first kappa shape index (κ1) is 9.97. The molecular formula is C10H19NS. The molecule has 0 fully saturated rings. The highest BCUT2D eigenvalue weighted by Crippen LogP contribution is 2.14. The van der Waals surface area contributed by atoms with Crippen LogP contribution in [0.25, 0.3) is 0 Å². The molecule has 0 amide bonds. The van der Waals surface area contributed by atoms with Gasteiger partial charge in [-0.2, -0.15) is 11.8 Å². The van der Waals surface area contributed by atoms with Crippen molar-refractivity contribution >= 4 is 11.8 Å². The summed E-state index contributed by atoms with van der Waals surface area (Å²) >= 11 is 2.03. The molecule has 0 unspecified atom stereocenters. The van der Waals surface area contributed by atoms with Crippen LogP contribution in [0.15, 0.2) is 11.8 Å². The van der Waals surface area contributed by atoms with E-state index in [1.54, 1.807) is 0 Å². The third-order valence-electron chi connectivity index (χ3n) is 2.10. The molecule has 1 rings (SSSR count). The van der Waals surface area contributed by atoms with E-state index in [0.29, 0.717) is 0 Å². The lowest BCUT2D eigenvalue weighted by molar-refractivity contribution is 0.656. The Morgan fingerprint density at radius 2 is 2.42 bits per heavy atom. The molecule has 2 heteroatoms. The maximum absolute atomic E-state index is 3.50. The molecule has 70 valence electrons. The number of thioether (sulfide) groups is 1. The average molecular weight is 185 g/mol. The number of unbranched alkanes of at least 4 members (excludes halogenated alkanes) is 2. The van der Waals surface area contributed by atoms with Gasteiger partial charge in [-0.25, -0.2) is 0 Å². The van der Waals surface area contributed by atoms with Crippen molar-refractivity contribution in [3.8, 4) is 0 Å². The highest BCUT2D eigenvalue weighted by atomic mass is 32.2. The van der Waals surface area contributed by atoms with E-state index in [-0.39, 0.29) is 0 Å². The first-order valence-electron chi connectivity index (χ1n) is 4.94. The minimum absolute atomic E-state index is 1.17. The Kier molecular flexibility index (Phi) is 5.33. The Bertz CT molecular complexity index is 143. The van der Waals surface area contributed by atoms with Gasteiger partial charge in [0.15, 0.2) is 0 Å². The molecule has 0 aromatic rings. The summed E-state index contributed by atoms with van der Waals surface area (Å²) < 4.78 is 0. The Balaban J connectivity index is 2.01. The highest BCUT2D eigenvalue weighted by molar-refractivity contribution is 7.99. The lowest BCUT2D eigenvalue weighted by Crippen LogP contribution is -2.17. The lowest BCUT2D eigenvalue weighted by atomic mass is 10.2. The van der Waals surface area contributed by atoms with Gasteiger partial charge in [0, 0.05) is 18.0 Å². The van der Waals surface area contributed by atoms with Crippen LogP contribution >= 0.6 is 11.8 Å². The Labute approximate surface area is 80.0 Å². The zero-order valence-corrected chi connectivity index (χ0v) is 8.75. The molecule has 1 heterocycles. The van der Waals surface area contributed by atoms with Crippen LogP contribution in [-0.4, -0.2) is 18.1 Å². The maximum atomic E-state index is 3.50. The Hall–Kier alpha value is -0.110. The fraction of sp³-hybridized carbons (Fsp3) is 0.800. The molecule has 0 saturated carbocycles. The SMILES string of the molecule is CCCCCNC1=CCSCC1. The van der Waals surface area contributed by atoms with Gasteiger partial charge in [-0.05, 0) is 18.6 Å². The molecule has 0 bridgehead atoms. The predicted octanol–water partition coefficient (Wildman–Crippen LogP) is 2.79. The van der Waals surface area contributed by atoms with Gasteiger partial charge < -0.3 is 5.32 Å². The monoisotopic (exact) mass is 185 g/mol. The summed E-state index contributed by atoms with van der Waals surface area (Å²) in [4.78, 5) is 0. The molecule has 0 saturated heterocycles. The zero-order chi connectivity index (χ0) is 8.65. The van der Waals surface area contributed by atoms with Crippen molar-refractivity contribution in [2.75, 3.05) is 18.1 Å². The number of nitrogens with one attached hydrogen (secondary N) is 1. The van der Waals surface area contributed by atoms with Crippen molar-refractivity contribution in [1.82, 2.24) is 5.32 Å². The average Bonchev–Trinajstić information content (AvgIpc) is 2.14. The van der Waals surface area contributed by atoms with E-state index < -0.39 is 0 Å². The summed E-state index contributed by atoms with van der Waals surface area (Å²) in [6.45, 7) is 3.42. The molecule has 0 atom stereocenters. The number of hydrogen-bond donors (Lipinski definition) is 1. The van der Waals surface area contributed by atoms with E-state index in [1.165, 1.54) is 49.4 Å². The van der Waals surface area contributed by atoms with Crippen molar-refractivity contribution < 1.29 is 0 Å². The summed E-state index contributed by atoms with van der Waals surface area (Å²) in [5.41, 5.74) is 1.48. The normalized spacial score (nSPS) is 17.2. The minimum Gasteiger partial charge on any atom is -0.389 e. The maximum Gasteiger partial charge on any atom is 0.0143 e. The predicted molar refractivity (Wildman–Crippen MR) is 57.6 cm³/mol. The van der Waals surface area contributed by atoms with Crippen LogP contribution < -0.4 is 5.32 Å². The van der Waals surface area contributed by atoms with Crippen molar-refractivity contribution in [1.29, 1.82) is 0 Å². The first-order chi connectivity index (χ1) is 5.93. The van der Waals surface area contributed by atoms with E-state index >= 15 is 0 Å². The molecule has 1 nitrogen and oxygen atoms in total. The Morgan fingerprint density at radius 1 is 1.50 bits per heavy atom. The molecular weight excluding hydrogens is 166 g/mol. The molecule has 1 N–H and O–H groups in total. The van der Waals surface area contributed by atoms with Crippen molar-refractivity contribution in [3.63, 3.8) is 0 Å². The quantitative estimate of drug-likeness (QED) is 0.661.